The molecule has 1 aromatic carbocycles. The molecule has 4 heteroatoms. The van der Waals surface area contributed by atoms with E-state index in [1.807, 2.05) is 18.2 Å². The van der Waals surface area contributed by atoms with Crippen molar-refractivity contribution in [3.8, 4) is 5.75 Å². The van der Waals surface area contributed by atoms with Crippen molar-refractivity contribution >= 4 is 5.82 Å². The number of nitrogens with zero attached hydrogens (tertiary/aromatic N) is 2. The Balaban J connectivity index is 2.00. The number of hydrogen-bond donors (Lipinski definition) is 1. The summed E-state index contributed by atoms with van der Waals surface area (Å²) in [6.45, 7) is 4.96. The molecule has 0 aliphatic carbocycles. The van der Waals surface area contributed by atoms with Crippen LogP contribution in [0.4, 0.5) is 5.82 Å². The largest absolute Gasteiger partial charge is 0.483 e. The number of ether oxygens (including phenoxy) is 1. The van der Waals surface area contributed by atoms with Crippen molar-refractivity contribution in [2.24, 2.45) is 0 Å². The fourth-order valence-corrected chi connectivity index (χ4v) is 2.55. The van der Waals surface area contributed by atoms with Gasteiger partial charge in [-0.25, -0.2) is 9.97 Å². The highest BCUT2D eigenvalue weighted by Gasteiger charge is 2.12. The van der Waals surface area contributed by atoms with Crippen LogP contribution in [0.1, 0.15) is 51.5 Å². The second-order valence-corrected chi connectivity index (χ2v) is 5.78. The fourth-order valence-electron chi connectivity index (χ4n) is 2.55. The lowest BCUT2D eigenvalue weighted by Crippen LogP contribution is -2.20. The lowest BCUT2D eigenvalue weighted by atomic mass is 10.1. The van der Waals surface area contributed by atoms with Crippen molar-refractivity contribution in [3.63, 3.8) is 0 Å². The molecular weight excluding hydrogens is 286 g/mol. The van der Waals surface area contributed by atoms with Crippen LogP contribution < -0.4 is 10.1 Å². The summed E-state index contributed by atoms with van der Waals surface area (Å²) >= 11 is 0. The molecule has 0 fully saturated rings. The summed E-state index contributed by atoms with van der Waals surface area (Å²) in [4.78, 5) is 8.47. The fraction of sp³-hybridized carbons (Fsp3) is 0.474. The van der Waals surface area contributed by atoms with E-state index in [0.29, 0.717) is 18.4 Å². The third-order valence-electron chi connectivity index (χ3n) is 3.80. The third-order valence-corrected chi connectivity index (χ3v) is 3.80. The van der Waals surface area contributed by atoms with Crippen LogP contribution >= 0.6 is 0 Å². The molecule has 0 aliphatic rings. The number of rotatable bonds is 10. The van der Waals surface area contributed by atoms with Gasteiger partial charge in [-0.05, 0) is 18.4 Å². The van der Waals surface area contributed by atoms with Crippen molar-refractivity contribution in [2.45, 2.75) is 58.6 Å². The van der Waals surface area contributed by atoms with Gasteiger partial charge in [0, 0.05) is 6.04 Å². The van der Waals surface area contributed by atoms with Gasteiger partial charge in [0.2, 0.25) is 0 Å². The van der Waals surface area contributed by atoms with Crippen molar-refractivity contribution in [1.82, 2.24) is 9.97 Å². The Hall–Kier alpha value is -2.10. The summed E-state index contributed by atoms with van der Waals surface area (Å²) < 4.78 is 5.92. The van der Waals surface area contributed by atoms with Gasteiger partial charge in [-0.3, -0.25) is 0 Å². The topological polar surface area (TPSA) is 47.0 Å². The van der Waals surface area contributed by atoms with Crippen molar-refractivity contribution in [1.29, 1.82) is 0 Å². The number of unbranched alkanes of at least 4 members (excludes halogenated alkanes) is 1. The minimum atomic E-state index is 0.439. The predicted molar refractivity (Wildman–Crippen MR) is 94.6 cm³/mol. The standard InChI is InChI=1S/C19H27N3O/c1-3-5-12-17(9-4-2)22-19-18(13-20-15-21-19)23-14-16-10-7-6-8-11-16/h6-8,10-11,13,15,17H,3-5,9,12,14H2,1-2H3,(H,20,21,22). The predicted octanol–water partition coefficient (Wildman–Crippen LogP) is 4.83. The Bertz CT molecular complexity index is 560. The van der Waals surface area contributed by atoms with E-state index in [1.165, 1.54) is 12.8 Å². The molecule has 1 aromatic heterocycles. The van der Waals surface area contributed by atoms with E-state index in [0.717, 1.165) is 30.6 Å². The smallest absolute Gasteiger partial charge is 0.180 e. The molecule has 0 saturated heterocycles. The molecule has 2 aromatic rings. The van der Waals surface area contributed by atoms with Crippen LogP contribution in [0.15, 0.2) is 42.9 Å². The van der Waals surface area contributed by atoms with Crippen LogP contribution in [0, 0.1) is 0 Å². The van der Waals surface area contributed by atoms with E-state index in [2.05, 4.69) is 41.3 Å². The first-order valence-corrected chi connectivity index (χ1v) is 8.56. The van der Waals surface area contributed by atoms with Gasteiger partial charge in [0.25, 0.3) is 0 Å². The van der Waals surface area contributed by atoms with Gasteiger partial charge in [-0.1, -0.05) is 63.4 Å². The van der Waals surface area contributed by atoms with Gasteiger partial charge in [0.1, 0.15) is 12.9 Å². The van der Waals surface area contributed by atoms with Crippen LogP contribution in [-0.2, 0) is 6.61 Å². The first kappa shape index (κ1) is 17.3. The molecule has 1 N–H and O–H groups in total. The van der Waals surface area contributed by atoms with Gasteiger partial charge < -0.3 is 10.1 Å². The van der Waals surface area contributed by atoms with E-state index < -0.39 is 0 Å². The highest BCUT2D eigenvalue weighted by Crippen LogP contribution is 2.23. The van der Waals surface area contributed by atoms with E-state index in [9.17, 15) is 0 Å². The second-order valence-electron chi connectivity index (χ2n) is 5.78. The van der Waals surface area contributed by atoms with Crippen molar-refractivity contribution in [3.05, 3.63) is 48.4 Å². The molecule has 0 saturated carbocycles. The van der Waals surface area contributed by atoms with Crippen molar-refractivity contribution < 1.29 is 4.74 Å². The molecule has 0 amide bonds. The van der Waals surface area contributed by atoms with Crippen LogP contribution in [0.2, 0.25) is 0 Å². The maximum atomic E-state index is 5.92. The summed E-state index contributed by atoms with van der Waals surface area (Å²) in [5.74, 6) is 1.51. The molecule has 0 radical (unpaired) electrons. The molecule has 124 valence electrons. The zero-order valence-electron chi connectivity index (χ0n) is 14.2. The van der Waals surface area contributed by atoms with E-state index in [4.69, 9.17) is 4.74 Å². The third kappa shape index (κ3) is 5.89. The minimum Gasteiger partial charge on any atom is -0.483 e. The molecule has 4 nitrogen and oxygen atoms in total. The lowest BCUT2D eigenvalue weighted by molar-refractivity contribution is 0.304. The highest BCUT2D eigenvalue weighted by atomic mass is 16.5. The summed E-state index contributed by atoms with van der Waals surface area (Å²) in [5.41, 5.74) is 1.14. The Labute approximate surface area is 139 Å². The van der Waals surface area contributed by atoms with Crippen molar-refractivity contribution in [2.75, 3.05) is 5.32 Å². The number of benzene rings is 1. The average Bonchev–Trinajstić information content (AvgIpc) is 2.60. The first-order chi connectivity index (χ1) is 11.3. The Kier molecular flexibility index (Phi) is 7.37. The lowest BCUT2D eigenvalue weighted by Gasteiger charge is -2.20. The monoisotopic (exact) mass is 313 g/mol. The molecule has 1 atom stereocenters. The van der Waals surface area contributed by atoms with E-state index in [-0.39, 0.29) is 0 Å². The van der Waals surface area contributed by atoms with Gasteiger partial charge in [-0.2, -0.15) is 0 Å². The summed E-state index contributed by atoms with van der Waals surface area (Å²) in [5, 5.41) is 3.54. The van der Waals surface area contributed by atoms with Gasteiger partial charge in [0.05, 0.1) is 6.20 Å². The van der Waals surface area contributed by atoms with E-state index in [1.54, 1.807) is 12.5 Å². The first-order valence-electron chi connectivity index (χ1n) is 8.56. The maximum Gasteiger partial charge on any atom is 0.180 e. The molecule has 2 rings (SSSR count). The van der Waals surface area contributed by atoms with Gasteiger partial charge in [-0.15, -0.1) is 0 Å². The normalized spacial score (nSPS) is 11.9. The van der Waals surface area contributed by atoms with Crippen LogP contribution in [0.25, 0.3) is 0 Å². The Morgan fingerprint density at radius 3 is 2.65 bits per heavy atom. The zero-order valence-corrected chi connectivity index (χ0v) is 14.2. The molecule has 23 heavy (non-hydrogen) atoms. The van der Waals surface area contributed by atoms with Crippen LogP contribution in [0.5, 0.6) is 5.75 Å². The van der Waals surface area contributed by atoms with Crippen LogP contribution in [0.3, 0.4) is 0 Å². The highest BCUT2D eigenvalue weighted by molar-refractivity contribution is 5.48. The van der Waals surface area contributed by atoms with Crippen LogP contribution in [-0.4, -0.2) is 16.0 Å². The average molecular weight is 313 g/mol. The molecule has 0 aliphatic heterocycles. The molecule has 0 spiro atoms. The number of aromatic nitrogens is 2. The Morgan fingerprint density at radius 2 is 1.91 bits per heavy atom. The summed E-state index contributed by atoms with van der Waals surface area (Å²) in [6.07, 6.45) is 9.20. The zero-order chi connectivity index (χ0) is 16.3. The summed E-state index contributed by atoms with van der Waals surface area (Å²) in [7, 11) is 0. The Morgan fingerprint density at radius 1 is 1.09 bits per heavy atom. The van der Waals surface area contributed by atoms with Gasteiger partial charge in [0.15, 0.2) is 11.6 Å². The molecule has 1 heterocycles. The van der Waals surface area contributed by atoms with Gasteiger partial charge >= 0.3 is 0 Å². The van der Waals surface area contributed by atoms with E-state index >= 15 is 0 Å². The summed E-state index contributed by atoms with van der Waals surface area (Å²) in [6, 6.07) is 10.6. The number of hydrogen-bond acceptors (Lipinski definition) is 4. The number of anilines is 1. The quantitative estimate of drug-likeness (QED) is 0.682. The minimum absolute atomic E-state index is 0.439. The molecule has 0 bridgehead atoms. The second kappa shape index (κ2) is 9.82. The SMILES string of the molecule is CCCCC(CCC)Nc1ncncc1OCc1ccccc1. The number of nitrogens with one attached hydrogen (secondary N) is 1. The maximum absolute atomic E-state index is 5.92. The molecular formula is C19H27N3O. The molecule has 1 unspecified atom stereocenters.